The van der Waals surface area contributed by atoms with E-state index in [9.17, 15) is 19.2 Å². The number of aryl methyl sites for hydroxylation is 2. The first kappa shape index (κ1) is 46.2. The summed E-state index contributed by atoms with van der Waals surface area (Å²) in [6, 6.07) is 23.6. The molecule has 0 radical (unpaired) electrons. The molecule has 340 valence electrons. The second-order valence-electron chi connectivity index (χ2n) is 18.7. The molecule has 3 saturated carbocycles. The number of benzene rings is 2. The monoisotopic (exact) mass is 870 g/mol. The number of nitrogens with one attached hydrogen (secondary N) is 5. The largest absolute Gasteiger partial charge is 0.384 e. The normalized spacial score (nSPS) is 21.2. The second kappa shape index (κ2) is 21.2. The first-order chi connectivity index (χ1) is 30.8. The van der Waals surface area contributed by atoms with Crippen molar-refractivity contribution < 1.29 is 19.2 Å². The summed E-state index contributed by atoms with van der Waals surface area (Å²) in [6.45, 7) is 8.69. The maximum Gasteiger partial charge on any atom is 0.242 e. The Bertz CT molecular complexity index is 2130. The highest BCUT2D eigenvalue weighted by atomic mass is 16.2. The topological polar surface area (TPSA) is 206 Å². The van der Waals surface area contributed by atoms with E-state index < -0.39 is 12.1 Å². The van der Waals surface area contributed by atoms with Crippen LogP contribution in [0, 0.1) is 31.6 Å². The molecule has 9 N–H and O–H groups in total. The van der Waals surface area contributed by atoms with E-state index in [0.717, 1.165) is 79.4 Å². The van der Waals surface area contributed by atoms with Gasteiger partial charge in [0.05, 0.1) is 6.04 Å². The zero-order chi connectivity index (χ0) is 45.3. The summed E-state index contributed by atoms with van der Waals surface area (Å²) >= 11 is 0. The Morgan fingerprint density at radius 3 is 1.64 bits per heavy atom. The van der Waals surface area contributed by atoms with Crippen LogP contribution in [0.4, 0.5) is 11.6 Å². The minimum absolute atomic E-state index is 0.00721. The maximum atomic E-state index is 12.8. The first-order valence-electron chi connectivity index (χ1n) is 23.3. The zero-order valence-corrected chi connectivity index (χ0v) is 37.9. The van der Waals surface area contributed by atoms with Gasteiger partial charge in [-0.3, -0.25) is 19.2 Å². The summed E-state index contributed by atoms with van der Waals surface area (Å²) in [5.41, 5.74) is 20.4. The molecule has 0 unspecified atom stereocenters. The molecule has 4 amide bonds. The predicted octanol–water partition coefficient (Wildman–Crippen LogP) is 5.82. The van der Waals surface area contributed by atoms with Crippen LogP contribution in [-0.2, 0) is 45.1 Å². The van der Waals surface area contributed by atoms with Crippen molar-refractivity contribution in [3.63, 3.8) is 0 Å². The number of hydrogen-bond donors (Lipinski definition) is 7. The van der Waals surface area contributed by atoms with Crippen molar-refractivity contribution in [1.29, 1.82) is 0 Å². The van der Waals surface area contributed by atoms with Crippen LogP contribution in [0.15, 0.2) is 72.8 Å². The summed E-state index contributed by atoms with van der Waals surface area (Å²) in [5.74, 6) is 2.84. The lowest BCUT2D eigenvalue weighted by atomic mass is 9.95. The van der Waals surface area contributed by atoms with E-state index in [4.69, 9.17) is 11.5 Å². The molecule has 4 aliphatic rings. The summed E-state index contributed by atoms with van der Waals surface area (Å²) < 4.78 is 0. The third kappa shape index (κ3) is 13.1. The van der Waals surface area contributed by atoms with E-state index in [0.29, 0.717) is 36.6 Å². The van der Waals surface area contributed by atoms with Gasteiger partial charge in [0.1, 0.15) is 23.7 Å². The highest BCUT2D eigenvalue weighted by molar-refractivity contribution is 5.90. The van der Waals surface area contributed by atoms with Crippen molar-refractivity contribution in [2.45, 2.75) is 135 Å². The number of nitrogens with zero attached hydrogens (tertiary/aromatic N) is 2. The molecule has 4 fully saturated rings. The van der Waals surface area contributed by atoms with E-state index in [-0.39, 0.29) is 35.6 Å². The quantitative estimate of drug-likeness (QED) is 0.0724. The molecule has 1 saturated heterocycles. The van der Waals surface area contributed by atoms with Gasteiger partial charge in [0.25, 0.3) is 0 Å². The SMILES string of the molecule is Cc1nc(N)ccc1CNC(=O)[C@H](C)NC(=O)[C@@H]1CC[C@@H](Cc2cccc(C3CC3)c2)C1.Cc1nc(N)ccc1CNC(=O)[C@H](C)NC(=O)[C@H]1C[C@H](Cc2cccc(C3CC3)c2)CN1. The number of amides is 4. The predicted molar refractivity (Wildman–Crippen MR) is 251 cm³/mol. The number of aromatic nitrogens is 2. The summed E-state index contributed by atoms with van der Waals surface area (Å²) in [4.78, 5) is 58.8. The van der Waals surface area contributed by atoms with E-state index in [1.54, 1.807) is 26.0 Å². The van der Waals surface area contributed by atoms with Gasteiger partial charge in [-0.2, -0.15) is 0 Å². The third-order valence-electron chi connectivity index (χ3n) is 13.3. The van der Waals surface area contributed by atoms with Gasteiger partial charge in [-0.15, -0.1) is 0 Å². The minimum Gasteiger partial charge on any atom is -0.384 e. The molecule has 0 spiro atoms. The van der Waals surface area contributed by atoms with Crippen LogP contribution in [0.3, 0.4) is 0 Å². The summed E-state index contributed by atoms with van der Waals surface area (Å²) in [7, 11) is 0. The number of carbonyl (C=O) groups excluding carboxylic acids is 4. The lowest BCUT2D eigenvalue weighted by Crippen LogP contribution is -2.50. The molecule has 4 aromatic rings. The van der Waals surface area contributed by atoms with Crippen molar-refractivity contribution in [1.82, 2.24) is 36.6 Å². The van der Waals surface area contributed by atoms with Crippen molar-refractivity contribution >= 4 is 35.3 Å². The number of hydrogen-bond acceptors (Lipinski definition) is 9. The van der Waals surface area contributed by atoms with Gasteiger partial charge in [0.15, 0.2) is 0 Å². The lowest BCUT2D eigenvalue weighted by molar-refractivity contribution is -0.130. The molecule has 1 aliphatic heterocycles. The van der Waals surface area contributed by atoms with Crippen LogP contribution >= 0.6 is 0 Å². The Kier molecular flexibility index (Phi) is 15.3. The number of carbonyl (C=O) groups is 4. The molecule has 2 aromatic carbocycles. The third-order valence-corrected chi connectivity index (χ3v) is 13.3. The van der Waals surface area contributed by atoms with E-state index in [2.05, 4.69) is 85.1 Å². The van der Waals surface area contributed by atoms with Crippen molar-refractivity contribution in [2.75, 3.05) is 18.0 Å². The van der Waals surface area contributed by atoms with Gasteiger partial charge in [0.2, 0.25) is 23.6 Å². The van der Waals surface area contributed by atoms with Crippen LogP contribution in [0.1, 0.15) is 122 Å². The van der Waals surface area contributed by atoms with E-state index in [1.807, 2.05) is 26.0 Å². The number of anilines is 2. The van der Waals surface area contributed by atoms with Crippen LogP contribution in [0.5, 0.6) is 0 Å². The second-order valence-corrected chi connectivity index (χ2v) is 18.7. The van der Waals surface area contributed by atoms with E-state index >= 15 is 0 Å². The highest BCUT2D eigenvalue weighted by Crippen LogP contribution is 2.41. The molecule has 6 atom stereocenters. The summed E-state index contributed by atoms with van der Waals surface area (Å²) in [5, 5.41) is 14.8. The van der Waals surface area contributed by atoms with Gasteiger partial charge < -0.3 is 38.1 Å². The number of nitrogens with two attached hydrogens (primary N) is 2. The molecule has 2 aromatic heterocycles. The Balaban J connectivity index is 0.000000191. The Labute approximate surface area is 378 Å². The minimum atomic E-state index is -0.611. The fourth-order valence-electron chi connectivity index (χ4n) is 9.15. The standard InChI is InChI=1S/C26H34N4O2.C25H33N5O2/c1-16-23(10-11-24(27)29-16)15-28-25(31)17(2)30-26(32)22-7-6-19(14-22)12-18-4-3-5-21(13-18)20-8-9-20;1-15-21(8-9-23(26)29-15)14-28-24(31)16(2)30-25(32)22-12-18(13-27-22)10-17-4-3-5-20(11-17)19-6-7-19/h3-5,10-11,13,17,19-20,22H,6-9,12,14-15H2,1-2H3,(H2,27,29)(H,28,31)(H,30,32);3-5,8-9,11,16,18-19,22,27H,6-7,10,12-14H2,1-2H3,(H2,26,29)(H,28,31)(H,30,32)/t17-,19-,22+;16-,18-,22+/m00/s1. The Hall–Kier alpha value is -5.82. The van der Waals surface area contributed by atoms with Gasteiger partial charge in [-0.05, 0) is 168 Å². The fourth-order valence-corrected chi connectivity index (χ4v) is 9.15. The molecular formula is C51H67N9O4. The van der Waals surface area contributed by atoms with Gasteiger partial charge in [-0.25, -0.2) is 9.97 Å². The van der Waals surface area contributed by atoms with Crippen LogP contribution in [0.2, 0.25) is 0 Å². The molecular weight excluding hydrogens is 803 g/mol. The molecule has 64 heavy (non-hydrogen) atoms. The molecule has 8 rings (SSSR count). The van der Waals surface area contributed by atoms with Crippen LogP contribution in [0.25, 0.3) is 0 Å². The molecule has 13 heteroatoms. The molecule has 3 aliphatic carbocycles. The Morgan fingerprint density at radius 1 is 0.641 bits per heavy atom. The molecule has 0 bridgehead atoms. The Morgan fingerprint density at radius 2 is 1.14 bits per heavy atom. The number of pyridine rings is 2. The molecule has 13 nitrogen and oxygen atoms in total. The van der Waals surface area contributed by atoms with Crippen molar-refractivity contribution in [3.8, 4) is 0 Å². The zero-order valence-electron chi connectivity index (χ0n) is 37.9. The van der Waals surface area contributed by atoms with Crippen LogP contribution < -0.4 is 38.1 Å². The first-order valence-corrected chi connectivity index (χ1v) is 23.3. The number of nitrogen functional groups attached to an aromatic ring is 2. The van der Waals surface area contributed by atoms with Crippen molar-refractivity contribution in [2.24, 2.45) is 17.8 Å². The van der Waals surface area contributed by atoms with Crippen LogP contribution in [-0.4, -0.2) is 58.3 Å². The molecule has 3 heterocycles. The maximum absolute atomic E-state index is 12.8. The van der Waals surface area contributed by atoms with Gasteiger partial charge in [-0.1, -0.05) is 60.7 Å². The van der Waals surface area contributed by atoms with E-state index in [1.165, 1.54) is 47.9 Å². The van der Waals surface area contributed by atoms with Gasteiger partial charge >= 0.3 is 0 Å². The smallest absolute Gasteiger partial charge is 0.242 e. The highest BCUT2D eigenvalue weighted by Gasteiger charge is 2.33. The lowest BCUT2D eigenvalue weighted by Gasteiger charge is -2.18. The average molecular weight is 870 g/mol. The fraction of sp³-hybridized carbons (Fsp3) is 0.490. The average Bonchev–Trinajstić information content (AvgIpc) is 4.21. The number of rotatable bonds is 16. The van der Waals surface area contributed by atoms with Crippen molar-refractivity contribution in [3.05, 3.63) is 118 Å². The van der Waals surface area contributed by atoms with Gasteiger partial charge in [0, 0.05) is 30.4 Å². The summed E-state index contributed by atoms with van der Waals surface area (Å²) in [6.07, 6.45) is 10.9.